The summed E-state index contributed by atoms with van der Waals surface area (Å²) in [5.74, 6) is -0.475. The van der Waals surface area contributed by atoms with Crippen LogP contribution in [-0.2, 0) is 25.8 Å². The summed E-state index contributed by atoms with van der Waals surface area (Å²) in [5.41, 5.74) is 3.09. The van der Waals surface area contributed by atoms with Crippen LogP contribution in [0, 0.1) is 12.8 Å². The van der Waals surface area contributed by atoms with Crippen molar-refractivity contribution in [1.82, 2.24) is 0 Å². The highest BCUT2D eigenvalue weighted by Gasteiger charge is 2.39. The molecule has 1 saturated carbocycles. The monoisotopic (exact) mass is 460 g/mol. The van der Waals surface area contributed by atoms with Gasteiger partial charge in [-0.1, -0.05) is 17.7 Å². The van der Waals surface area contributed by atoms with E-state index in [4.69, 9.17) is 11.6 Å². The molecule has 1 heterocycles. The van der Waals surface area contributed by atoms with Crippen LogP contribution in [0.2, 0.25) is 5.02 Å². The van der Waals surface area contributed by atoms with Gasteiger partial charge < -0.3 is 10.2 Å². The molecule has 164 valence electrons. The van der Waals surface area contributed by atoms with Crippen molar-refractivity contribution in [3.63, 3.8) is 0 Å². The molecule has 0 bridgehead atoms. The number of carbonyl (C=O) groups is 2. The smallest absolute Gasteiger partial charge is 0.230 e. The van der Waals surface area contributed by atoms with Crippen LogP contribution in [0.4, 0.5) is 11.4 Å². The maximum absolute atomic E-state index is 12.8. The lowest BCUT2D eigenvalue weighted by atomic mass is 10.1. The van der Waals surface area contributed by atoms with Crippen LogP contribution in [0.3, 0.4) is 0 Å². The Morgan fingerprint density at radius 2 is 1.90 bits per heavy atom. The third-order valence-electron chi connectivity index (χ3n) is 5.79. The number of carbonyl (C=O) groups excluding carboxylic acids is 2. The molecule has 0 saturated heterocycles. The minimum absolute atomic E-state index is 0.0195. The second kappa shape index (κ2) is 8.28. The zero-order valence-corrected chi connectivity index (χ0v) is 19.1. The minimum Gasteiger partial charge on any atom is -0.325 e. The van der Waals surface area contributed by atoms with Crippen molar-refractivity contribution in [2.24, 2.45) is 5.92 Å². The molecule has 1 fully saturated rings. The highest BCUT2D eigenvalue weighted by atomic mass is 35.5. The fraction of sp³-hybridized carbons (Fsp3) is 0.391. The Kier molecular flexibility index (Phi) is 5.83. The molecule has 0 unspecified atom stereocenters. The molecule has 2 aliphatic rings. The Morgan fingerprint density at radius 3 is 2.58 bits per heavy atom. The van der Waals surface area contributed by atoms with Gasteiger partial charge in [0, 0.05) is 24.1 Å². The Hall–Kier alpha value is -2.38. The Labute approximate surface area is 187 Å². The zero-order valence-electron chi connectivity index (χ0n) is 17.5. The van der Waals surface area contributed by atoms with Gasteiger partial charge in [-0.3, -0.25) is 9.59 Å². The molecule has 0 radical (unpaired) electrons. The van der Waals surface area contributed by atoms with E-state index in [9.17, 15) is 18.0 Å². The number of hydrogen-bond acceptors (Lipinski definition) is 4. The van der Waals surface area contributed by atoms with Gasteiger partial charge in [0.05, 0.1) is 21.4 Å². The van der Waals surface area contributed by atoms with E-state index in [1.807, 2.05) is 24.8 Å². The van der Waals surface area contributed by atoms with Crippen molar-refractivity contribution in [2.75, 3.05) is 16.0 Å². The van der Waals surface area contributed by atoms with Crippen molar-refractivity contribution < 1.29 is 18.0 Å². The van der Waals surface area contributed by atoms with Crippen molar-refractivity contribution in [3.8, 4) is 0 Å². The van der Waals surface area contributed by atoms with Crippen LogP contribution in [0.1, 0.15) is 37.3 Å². The average Bonchev–Trinajstić information content (AvgIpc) is 3.50. The first-order valence-corrected chi connectivity index (χ1v) is 12.4. The van der Waals surface area contributed by atoms with E-state index in [0.717, 1.165) is 29.7 Å². The van der Waals surface area contributed by atoms with E-state index in [2.05, 4.69) is 5.32 Å². The lowest BCUT2D eigenvalue weighted by Gasteiger charge is -2.22. The van der Waals surface area contributed by atoms with Gasteiger partial charge in [0.15, 0.2) is 9.84 Å². The van der Waals surface area contributed by atoms with E-state index in [0.29, 0.717) is 17.1 Å². The van der Waals surface area contributed by atoms with Gasteiger partial charge >= 0.3 is 0 Å². The second-order valence-electron chi connectivity index (χ2n) is 8.43. The standard InChI is InChI=1S/C23H25ClN2O4S/c1-14-3-7-20(19(24)11-14)25-22(27)9-10-31(29,30)18-6-8-21-17(13-18)12-15(2)26(21)23(28)16-4-5-16/h3,6-8,11,13,15-16H,4-5,9-10,12H2,1-2H3,(H,25,27)/t15-/m1/s1. The summed E-state index contributed by atoms with van der Waals surface area (Å²) in [5, 5.41) is 3.08. The Bertz CT molecular complexity index is 1160. The van der Waals surface area contributed by atoms with Gasteiger partial charge in [-0.05, 0) is 74.6 Å². The largest absolute Gasteiger partial charge is 0.325 e. The highest BCUT2D eigenvalue weighted by molar-refractivity contribution is 7.91. The molecule has 1 aliphatic heterocycles. The quantitative estimate of drug-likeness (QED) is 0.702. The number of nitrogens with one attached hydrogen (secondary N) is 1. The van der Waals surface area contributed by atoms with E-state index >= 15 is 0 Å². The third-order valence-corrected chi connectivity index (χ3v) is 7.81. The van der Waals surface area contributed by atoms with E-state index in [1.54, 1.807) is 24.3 Å². The number of aryl methyl sites for hydroxylation is 1. The summed E-state index contributed by atoms with van der Waals surface area (Å²) >= 11 is 6.12. The van der Waals surface area contributed by atoms with Crippen molar-refractivity contribution in [1.29, 1.82) is 0 Å². The average molecular weight is 461 g/mol. The van der Waals surface area contributed by atoms with E-state index in [-0.39, 0.29) is 34.9 Å². The van der Waals surface area contributed by atoms with Gasteiger partial charge in [-0.15, -0.1) is 0 Å². The van der Waals surface area contributed by atoms with E-state index in [1.165, 1.54) is 6.07 Å². The van der Waals surface area contributed by atoms with Gasteiger partial charge in [-0.2, -0.15) is 0 Å². The number of fused-ring (bicyclic) bond motifs is 1. The normalized spacial score (nSPS) is 18.0. The zero-order chi connectivity index (χ0) is 22.3. The summed E-state index contributed by atoms with van der Waals surface area (Å²) < 4.78 is 25.7. The van der Waals surface area contributed by atoms with Gasteiger partial charge in [-0.25, -0.2) is 8.42 Å². The molecule has 1 aliphatic carbocycles. The first-order chi connectivity index (χ1) is 14.7. The van der Waals surface area contributed by atoms with Crippen LogP contribution in [0.15, 0.2) is 41.3 Å². The molecule has 1 atom stereocenters. The molecule has 2 aromatic carbocycles. The van der Waals surface area contributed by atoms with Crippen LogP contribution < -0.4 is 10.2 Å². The first kappa shape index (κ1) is 21.8. The number of sulfone groups is 1. The number of nitrogens with zero attached hydrogens (tertiary/aromatic N) is 1. The van der Waals surface area contributed by atoms with E-state index < -0.39 is 15.7 Å². The summed E-state index contributed by atoms with van der Waals surface area (Å²) in [6.07, 6.45) is 2.31. The molecule has 2 aromatic rings. The lowest BCUT2D eigenvalue weighted by Crippen LogP contribution is -2.36. The Balaban J connectivity index is 1.44. The van der Waals surface area contributed by atoms with Gasteiger partial charge in [0.2, 0.25) is 11.8 Å². The van der Waals surface area contributed by atoms with Crippen LogP contribution >= 0.6 is 11.6 Å². The summed E-state index contributed by atoms with van der Waals surface area (Å²) in [6.45, 7) is 3.87. The number of halogens is 1. The molecule has 6 nitrogen and oxygen atoms in total. The molecule has 0 aromatic heterocycles. The number of hydrogen-bond donors (Lipinski definition) is 1. The highest BCUT2D eigenvalue weighted by Crippen LogP contribution is 2.39. The summed E-state index contributed by atoms with van der Waals surface area (Å²) in [7, 11) is -3.64. The lowest BCUT2D eigenvalue weighted by molar-refractivity contribution is -0.120. The van der Waals surface area contributed by atoms with Crippen molar-refractivity contribution in [2.45, 2.75) is 50.5 Å². The summed E-state index contributed by atoms with van der Waals surface area (Å²) in [6, 6.07) is 10.2. The van der Waals surface area contributed by atoms with Crippen molar-refractivity contribution >= 4 is 44.6 Å². The van der Waals surface area contributed by atoms with Crippen molar-refractivity contribution in [3.05, 3.63) is 52.5 Å². The van der Waals surface area contributed by atoms with Crippen LogP contribution in [0.5, 0.6) is 0 Å². The predicted molar refractivity (Wildman–Crippen MR) is 121 cm³/mol. The molecule has 0 spiro atoms. The van der Waals surface area contributed by atoms with Crippen LogP contribution in [-0.4, -0.2) is 32.0 Å². The molecule has 4 rings (SSSR count). The van der Waals surface area contributed by atoms with Gasteiger partial charge in [0.25, 0.3) is 0 Å². The summed E-state index contributed by atoms with van der Waals surface area (Å²) in [4.78, 5) is 26.8. The Morgan fingerprint density at radius 1 is 1.16 bits per heavy atom. The molecule has 1 N–H and O–H groups in total. The second-order valence-corrected chi connectivity index (χ2v) is 10.9. The van der Waals surface area contributed by atoms with Gasteiger partial charge in [0.1, 0.15) is 0 Å². The topological polar surface area (TPSA) is 83.6 Å². The molecule has 31 heavy (non-hydrogen) atoms. The third kappa shape index (κ3) is 4.62. The number of amides is 2. The molecular formula is C23H25ClN2O4S. The number of anilines is 2. The van der Waals surface area contributed by atoms with Crippen LogP contribution in [0.25, 0.3) is 0 Å². The number of rotatable bonds is 6. The fourth-order valence-electron chi connectivity index (χ4n) is 3.94. The molecule has 2 amide bonds. The predicted octanol–water partition coefficient (Wildman–Crippen LogP) is 4.14. The molecular weight excluding hydrogens is 436 g/mol. The fourth-order valence-corrected chi connectivity index (χ4v) is 5.51. The number of benzene rings is 2. The molecule has 8 heteroatoms. The first-order valence-electron chi connectivity index (χ1n) is 10.4. The minimum atomic E-state index is -3.64. The SMILES string of the molecule is Cc1ccc(NC(=O)CCS(=O)(=O)c2ccc3c(c2)C[C@@H](C)N3C(=O)C2CC2)c(Cl)c1. The maximum atomic E-state index is 12.8. The maximum Gasteiger partial charge on any atom is 0.230 e.